The van der Waals surface area contributed by atoms with Crippen molar-refractivity contribution in [2.75, 3.05) is 11.9 Å². The van der Waals surface area contributed by atoms with Gasteiger partial charge in [-0.15, -0.1) is 0 Å². The second-order valence-corrected chi connectivity index (χ2v) is 7.10. The van der Waals surface area contributed by atoms with Gasteiger partial charge in [-0.3, -0.25) is 4.98 Å². The topological polar surface area (TPSA) is 66.5 Å². The Bertz CT molecular complexity index is 1200. The van der Waals surface area contributed by atoms with Crippen molar-refractivity contribution in [1.82, 2.24) is 19.9 Å². The molecule has 0 saturated heterocycles. The van der Waals surface area contributed by atoms with Gasteiger partial charge in [0.15, 0.2) is 5.82 Å². The highest BCUT2D eigenvalue weighted by molar-refractivity contribution is 5.83. The van der Waals surface area contributed by atoms with Gasteiger partial charge in [0.25, 0.3) is 0 Å². The van der Waals surface area contributed by atoms with E-state index in [-0.39, 0.29) is 0 Å². The maximum atomic E-state index is 4.79. The number of rotatable bonds is 6. The van der Waals surface area contributed by atoms with E-state index in [1.165, 1.54) is 16.5 Å². The summed E-state index contributed by atoms with van der Waals surface area (Å²) in [5, 5.41) is 4.76. The highest BCUT2D eigenvalue weighted by Gasteiger charge is 2.09. The zero-order valence-corrected chi connectivity index (χ0v) is 16.4. The van der Waals surface area contributed by atoms with E-state index in [1.54, 1.807) is 12.4 Å². The lowest BCUT2D eigenvalue weighted by atomic mass is 10.1. The number of benzene rings is 2. The van der Waals surface area contributed by atoms with Crippen LogP contribution in [0.3, 0.4) is 0 Å². The molecule has 0 atom stereocenters. The molecule has 0 aliphatic heterocycles. The summed E-state index contributed by atoms with van der Waals surface area (Å²) < 4.78 is 0. The Hall–Kier alpha value is -3.99. The molecule has 0 amide bonds. The van der Waals surface area contributed by atoms with Gasteiger partial charge in [0, 0.05) is 53.2 Å². The number of anilines is 1. The number of nitrogens with one attached hydrogen (secondary N) is 2. The van der Waals surface area contributed by atoms with Gasteiger partial charge in [-0.25, -0.2) is 9.97 Å². The first-order valence-electron chi connectivity index (χ1n) is 10.0. The summed E-state index contributed by atoms with van der Waals surface area (Å²) in [4.78, 5) is 17.0. The fourth-order valence-electron chi connectivity index (χ4n) is 3.59. The summed E-state index contributed by atoms with van der Waals surface area (Å²) in [6.45, 7) is 0.781. The van der Waals surface area contributed by atoms with Crippen molar-refractivity contribution in [2.45, 2.75) is 6.42 Å². The largest absolute Gasteiger partial charge is 0.370 e. The van der Waals surface area contributed by atoms with E-state index in [0.717, 1.165) is 35.6 Å². The highest BCUT2D eigenvalue weighted by atomic mass is 15.0. The average molecular weight is 391 g/mol. The first kappa shape index (κ1) is 18.1. The average Bonchev–Trinajstić information content (AvgIpc) is 3.23. The minimum absolute atomic E-state index is 0.688. The van der Waals surface area contributed by atoms with Crippen molar-refractivity contribution in [3.8, 4) is 22.6 Å². The molecule has 0 unspecified atom stereocenters. The standard InChI is InChI=1S/C25H21N5/c1-2-6-18(7-3-1)23-16-24(30-25(29-23)19-10-13-26-14-11-19)27-15-12-20-17-28-22-9-5-4-8-21(20)22/h1-11,13-14,16-17,28H,12,15H2,(H,27,29,30). The number of para-hydroxylation sites is 1. The third-order valence-corrected chi connectivity index (χ3v) is 5.11. The molecule has 2 aromatic carbocycles. The summed E-state index contributed by atoms with van der Waals surface area (Å²) in [5.74, 6) is 1.50. The van der Waals surface area contributed by atoms with Crippen molar-refractivity contribution in [3.63, 3.8) is 0 Å². The van der Waals surface area contributed by atoms with E-state index in [9.17, 15) is 0 Å². The van der Waals surface area contributed by atoms with E-state index in [2.05, 4.69) is 51.8 Å². The van der Waals surface area contributed by atoms with Gasteiger partial charge in [-0.1, -0.05) is 48.5 Å². The number of hydrogen-bond donors (Lipinski definition) is 2. The Morgan fingerprint density at radius 3 is 2.47 bits per heavy atom. The van der Waals surface area contributed by atoms with Crippen molar-refractivity contribution >= 4 is 16.7 Å². The third kappa shape index (κ3) is 3.78. The maximum Gasteiger partial charge on any atom is 0.162 e. The van der Waals surface area contributed by atoms with Crippen LogP contribution in [0.2, 0.25) is 0 Å². The molecule has 0 saturated carbocycles. The number of fused-ring (bicyclic) bond motifs is 1. The molecule has 5 rings (SSSR count). The third-order valence-electron chi connectivity index (χ3n) is 5.11. The van der Waals surface area contributed by atoms with Gasteiger partial charge in [-0.05, 0) is 30.2 Å². The zero-order chi connectivity index (χ0) is 20.2. The maximum absolute atomic E-state index is 4.79. The lowest BCUT2D eigenvalue weighted by Gasteiger charge is -2.10. The smallest absolute Gasteiger partial charge is 0.162 e. The van der Waals surface area contributed by atoms with Gasteiger partial charge in [0.2, 0.25) is 0 Å². The Labute approximate surface area is 174 Å². The number of aromatic amines is 1. The minimum Gasteiger partial charge on any atom is -0.370 e. The van der Waals surface area contributed by atoms with Crippen LogP contribution in [0.4, 0.5) is 5.82 Å². The Morgan fingerprint density at radius 2 is 1.60 bits per heavy atom. The molecular weight excluding hydrogens is 370 g/mol. The van der Waals surface area contributed by atoms with Gasteiger partial charge in [0.05, 0.1) is 5.69 Å². The van der Waals surface area contributed by atoms with E-state index < -0.39 is 0 Å². The lowest BCUT2D eigenvalue weighted by Crippen LogP contribution is -2.07. The summed E-state index contributed by atoms with van der Waals surface area (Å²) in [5.41, 5.74) is 5.37. The van der Waals surface area contributed by atoms with E-state index >= 15 is 0 Å². The highest BCUT2D eigenvalue weighted by Crippen LogP contribution is 2.24. The molecule has 0 aliphatic carbocycles. The van der Waals surface area contributed by atoms with E-state index in [4.69, 9.17) is 9.97 Å². The zero-order valence-electron chi connectivity index (χ0n) is 16.4. The number of hydrogen-bond acceptors (Lipinski definition) is 4. The van der Waals surface area contributed by atoms with Crippen LogP contribution in [0, 0.1) is 0 Å². The number of pyridine rings is 1. The molecule has 5 aromatic rings. The SMILES string of the molecule is c1ccc(-c2cc(NCCc3c[nH]c4ccccc34)nc(-c3ccncc3)n2)cc1. The summed E-state index contributed by atoms with van der Waals surface area (Å²) >= 11 is 0. The Kier molecular flexibility index (Phi) is 4.92. The molecule has 2 N–H and O–H groups in total. The molecule has 3 aromatic heterocycles. The first-order chi connectivity index (χ1) is 14.9. The fraction of sp³-hybridized carbons (Fsp3) is 0.0800. The van der Waals surface area contributed by atoms with Crippen LogP contribution in [0.1, 0.15) is 5.56 Å². The van der Waals surface area contributed by atoms with E-state index in [0.29, 0.717) is 5.82 Å². The molecule has 3 heterocycles. The van der Waals surface area contributed by atoms with Crippen LogP contribution in [0.15, 0.2) is 91.4 Å². The molecule has 0 bridgehead atoms. The minimum atomic E-state index is 0.688. The Morgan fingerprint density at radius 1 is 0.800 bits per heavy atom. The monoisotopic (exact) mass is 391 g/mol. The van der Waals surface area contributed by atoms with Gasteiger partial charge in [0.1, 0.15) is 5.82 Å². The summed E-state index contributed by atoms with van der Waals surface area (Å²) in [6, 6.07) is 24.4. The van der Waals surface area contributed by atoms with Crippen molar-refractivity contribution in [1.29, 1.82) is 0 Å². The van der Waals surface area contributed by atoms with Gasteiger partial charge in [-0.2, -0.15) is 0 Å². The molecule has 5 nitrogen and oxygen atoms in total. The molecule has 0 radical (unpaired) electrons. The van der Waals surface area contributed by atoms with Crippen LogP contribution in [-0.4, -0.2) is 26.5 Å². The second kappa shape index (κ2) is 8.17. The molecule has 5 heteroatoms. The van der Waals surface area contributed by atoms with Gasteiger partial charge >= 0.3 is 0 Å². The Balaban J connectivity index is 1.42. The van der Waals surface area contributed by atoms with E-state index in [1.807, 2.05) is 42.5 Å². The second-order valence-electron chi connectivity index (χ2n) is 7.10. The number of H-pyrrole nitrogens is 1. The quantitative estimate of drug-likeness (QED) is 0.410. The van der Waals surface area contributed by atoms with Crippen LogP contribution >= 0.6 is 0 Å². The first-order valence-corrected chi connectivity index (χ1v) is 10.0. The van der Waals surface area contributed by atoms with Crippen molar-refractivity contribution in [2.24, 2.45) is 0 Å². The molecule has 0 spiro atoms. The predicted molar refractivity (Wildman–Crippen MR) is 121 cm³/mol. The molecule has 0 fully saturated rings. The normalized spacial score (nSPS) is 10.9. The van der Waals surface area contributed by atoms with Crippen LogP contribution in [0.25, 0.3) is 33.5 Å². The van der Waals surface area contributed by atoms with Crippen molar-refractivity contribution in [3.05, 3.63) is 97.0 Å². The molecule has 30 heavy (non-hydrogen) atoms. The van der Waals surface area contributed by atoms with Crippen molar-refractivity contribution < 1.29 is 0 Å². The fourth-order valence-corrected chi connectivity index (χ4v) is 3.59. The molecule has 146 valence electrons. The van der Waals surface area contributed by atoms with Crippen LogP contribution in [0.5, 0.6) is 0 Å². The molecular formula is C25H21N5. The number of aromatic nitrogens is 4. The molecule has 0 aliphatic rings. The van der Waals surface area contributed by atoms with Crippen LogP contribution < -0.4 is 5.32 Å². The predicted octanol–water partition coefficient (Wildman–Crippen LogP) is 5.34. The van der Waals surface area contributed by atoms with Crippen LogP contribution in [-0.2, 0) is 6.42 Å². The summed E-state index contributed by atoms with van der Waals surface area (Å²) in [7, 11) is 0. The van der Waals surface area contributed by atoms with Gasteiger partial charge < -0.3 is 10.3 Å². The number of nitrogens with zero attached hydrogens (tertiary/aromatic N) is 3. The lowest BCUT2D eigenvalue weighted by molar-refractivity contribution is 1.01. The summed E-state index contributed by atoms with van der Waals surface area (Å²) in [6.07, 6.45) is 6.51.